The highest BCUT2D eigenvalue weighted by atomic mass is 16.5. The molecule has 0 aliphatic rings. The molecule has 21 heavy (non-hydrogen) atoms. The Morgan fingerprint density at radius 3 is 2.76 bits per heavy atom. The normalized spacial score (nSPS) is 10.7. The molecule has 5 nitrogen and oxygen atoms in total. The van der Waals surface area contributed by atoms with Crippen molar-refractivity contribution in [2.75, 3.05) is 0 Å². The van der Waals surface area contributed by atoms with Gasteiger partial charge in [-0.3, -0.25) is 4.79 Å². The van der Waals surface area contributed by atoms with E-state index in [2.05, 4.69) is 5.32 Å². The van der Waals surface area contributed by atoms with Crippen LogP contribution < -0.4 is 10.9 Å². The van der Waals surface area contributed by atoms with Crippen LogP contribution in [0.5, 0.6) is 0 Å². The van der Waals surface area contributed by atoms with Gasteiger partial charge in [0.2, 0.25) is 0 Å². The Morgan fingerprint density at radius 1 is 1.19 bits per heavy atom. The minimum absolute atomic E-state index is 0.337. The number of carbonyl (C=O) groups is 1. The van der Waals surface area contributed by atoms with Crippen molar-refractivity contribution in [1.82, 2.24) is 10.1 Å². The van der Waals surface area contributed by atoms with Gasteiger partial charge in [-0.25, -0.2) is 4.79 Å². The van der Waals surface area contributed by atoms with Crippen molar-refractivity contribution < 1.29 is 9.32 Å². The van der Waals surface area contributed by atoms with E-state index in [9.17, 15) is 9.59 Å². The lowest BCUT2D eigenvalue weighted by Crippen LogP contribution is -2.33. The molecule has 0 aliphatic heterocycles. The van der Waals surface area contributed by atoms with Crippen molar-refractivity contribution in [3.8, 4) is 0 Å². The summed E-state index contributed by atoms with van der Waals surface area (Å²) in [7, 11) is 0. The third-order valence-electron chi connectivity index (χ3n) is 3.20. The maximum Gasteiger partial charge on any atom is 0.358 e. The molecule has 0 unspecified atom stereocenters. The van der Waals surface area contributed by atoms with Crippen LogP contribution in [-0.4, -0.2) is 10.8 Å². The van der Waals surface area contributed by atoms with Crippen LogP contribution in [0, 0.1) is 6.92 Å². The summed E-state index contributed by atoms with van der Waals surface area (Å²) in [4.78, 5) is 24.1. The number of aromatic nitrogens is 1. The number of hydrogen-bond acceptors (Lipinski definition) is 3. The maximum absolute atomic E-state index is 12.1. The zero-order valence-corrected chi connectivity index (χ0v) is 11.5. The second-order valence-electron chi connectivity index (χ2n) is 4.83. The van der Waals surface area contributed by atoms with Crippen LogP contribution in [0.4, 0.5) is 4.79 Å². The monoisotopic (exact) mass is 282 g/mol. The molecule has 0 aliphatic carbocycles. The van der Waals surface area contributed by atoms with Crippen LogP contribution in [-0.2, 0) is 6.54 Å². The van der Waals surface area contributed by atoms with Crippen LogP contribution in [0.15, 0.2) is 57.8 Å². The minimum Gasteiger partial charge on any atom is -0.366 e. The quantitative estimate of drug-likeness (QED) is 0.786. The van der Waals surface area contributed by atoms with E-state index in [-0.39, 0.29) is 0 Å². The highest BCUT2D eigenvalue weighted by Crippen LogP contribution is 2.09. The largest absolute Gasteiger partial charge is 0.366 e. The minimum atomic E-state index is -0.572. The molecule has 0 radical (unpaired) electrons. The summed E-state index contributed by atoms with van der Waals surface area (Å²) in [6.07, 6.45) is 0. The van der Waals surface area contributed by atoms with E-state index in [0.29, 0.717) is 17.5 Å². The van der Waals surface area contributed by atoms with Gasteiger partial charge in [-0.05, 0) is 24.6 Å². The highest BCUT2D eigenvalue weighted by molar-refractivity contribution is 5.82. The van der Waals surface area contributed by atoms with Gasteiger partial charge in [-0.1, -0.05) is 46.7 Å². The van der Waals surface area contributed by atoms with Gasteiger partial charge >= 0.3 is 6.03 Å². The number of benzene rings is 2. The van der Waals surface area contributed by atoms with Crippen LogP contribution >= 0.6 is 0 Å². The second kappa shape index (κ2) is 5.28. The van der Waals surface area contributed by atoms with Gasteiger partial charge in [0.25, 0.3) is 5.56 Å². The molecule has 3 aromatic rings. The Labute approximate surface area is 120 Å². The van der Waals surface area contributed by atoms with Gasteiger partial charge in [0.15, 0.2) is 5.58 Å². The number of amides is 1. The summed E-state index contributed by atoms with van der Waals surface area (Å²) in [5.74, 6) is 0. The van der Waals surface area contributed by atoms with Crippen LogP contribution in [0.2, 0.25) is 0 Å². The van der Waals surface area contributed by atoms with E-state index < -0.39 is 11.6 Å². The number of carbonyl (C=O) groups excluding carboxylic acids is 1. The lowest BCUT2D eigenvalue weighted by Gasteiger charge is -2.04. The van der Waals surface area contributed by atoms with E-state index in [4.69, 9.17) is 4.52 Å². The molecule has 1 N–H and O–H groups in total. The number of rotatable bonds is 2. The summed E-state index contributed by atoms with van der Waals surface area (Å²) >= 11 is 0. The van der Waals surface area contributed by atoms with Crippen LogP contribution in [0.1, 0.15) is 11.1 Å². The number of nitrogens with zero attached hydrogens (tertiary/aromatic N) is 1. The fourth-order valence-electron chi connectivity index (χ4n) is 2.18. The molecule has 1 heterocycles. The zero-order chi connectivity index (χ0) is 14.8. The smallest absolute Gasteiger partial charge is 0.358 e. The SMILES string of the molecule is Cc1cccc(CNC(=O)n2oc3ccccc3c2=O)c1. The Hall–Kier alpha value is -2.82. The third kappa shape index (κ3) is 2.58. The van der Waals surface area contributed by atoms with Gasteiger partial charge in [-0.2, -0.15) is 0 Å². The van der Waals surface area contributed by atoms with Crippen molar-refractivity contribution in [2.24, 2.45) is 0 Å². The van der Waals surface area contributed by atoms with Crippen LogP contribution in [0.25, 0.3) is 11.0 Å². The molecular formula is C16H14N2O3. The molecule has 5 heteroatoms. The molecule has 3 rings (SSSR count). The topological polar surface area (TPSA) is 64.2 Å². The first-order valence-electron chi connectivity index (χ1n) is 6.60. The third-order valence-corrected chi connectivity index (χ3v) is 3.20. The van der Waals surface area contributed by atoms with Crippen LogP contribution in [0.3, 0.4) is 0 Å². The predicted octanol–water partition coefficient (Wildman–Crippen LogP) is 2.66. The number of para-hydroxylation sites is 1. The van der Waals surface area contributed by atoms with Crippen molar-refractivity contribution in [2.45, 2.75) is 13.5 Å². The van der Waals surface area contributed by atoms with Gasteiger partial charge in [-0.15, -0.1) is 0 Å². The fraction of sp³-hybridized carbons (Fsp3) is 0.125. The van der Waals surface area contributed by atoms with E-state index in [0.717, 1.165) is 15.9 Å². The first kappa shape index (κ1) is 13.2. The van der Waals surface area contributed by atoms with E-state index >= 15 is 0 Å². The first-order valence-corrected chi connectivity index (χ1v) is 6.60. The summed E-state index contributed by atoms with van der Waals surface area (Å²) in [6, 6.07) is 14.0. The predicted molar refractivity (Wildman–Crippen MR) is 79.3 cm³/mol. The molecule has 0 atom stereocenters. The summed E-state index contributed by atoms with van der Waals surface area (Å²) in [5.41, 5.74) is 2.02. The Kier molecular flexibility index (Phi) is 3.31. The molecule has 0 spiro atoms. The summed E-state index contributed by atoms with van der Waals surface area (Å²) in [5, 5.41) is 3.07. The van der Waals surface area contributed by atoms with Gasteiger partial charge in [0.05, 0.1) is 5.39 Å². The van der Waals surface area contributed by atoms with Gasteiger partial charge in [0.1, 0.15) is 0 Å². The average molecular weight is 282 g/mol. The molecule has 106 valence electrons. The summed E-state index contributed by atoms with van der Waals surface area (Å²) in [6.45, 7) is 2.32. The van der Waals surface area contributed by atoms with Crippen molar-refractivity contribution in [3.63, 3.8) is 0 Å². The van der Waals surface area contributed by atoms with Gasteiger partial charge in [0, 0.05) is 6.54 Å². The molecule has 0 saturated carbocycles. The standard InChI is InChI=1S/C16H14N2O3/c1-11-5-4-6-12(9-11)10-17-16(20)18-15(19)13-7-2-3-8-14(13)21-18/h2-9H,10H2,1H3,(H,17,20). The van der Waals surface area contributed by atoms with E-state index in [1.807, 2.05) is 31.2 Å². The Balaban J connectivity index is 1.81. The average Bonchev–Trinajstić information content (AvgIpc) is 2.83. The van der Waals surface area contributed by atoms with E-state index in [1.54, 1.807) is 24.3 Å². The van der Waals surface area contributed by atoms with Crippen molar-refractivity contribution in [3.05, 3.63) is 70.0 Å². The molecule has 0 saturated heterocycles. The zero-order valence-electron chi connectivity index (χ0n) is 11.5. The summed E-state index contributed by atoms with van der Waals surface area (Å²) < 4.78 is 6.02. The molecule has 1 aromatic heterocycles. The fourth-order valence-corrected chi connectivity index (χ4v) is 2.18. The molecule has 1 amide bonds. The number of fused-ring (bicyclic) bond motifs is 1. The molecule has 0 bridgehead atoms. The Bertz CT molecular complexity index is 861. The first-order chi connectivity index (χ1) is 10.1. The number of nitrogens with one attached hydrogen (secondary N) is 1. The van der Waals surface area contributed by atoms with Crippen molar-refractivity contribution in [1.29, 1.82) is 0 Å². The molecular weight excluding hydrogens is 268 g/mol. The highest BCUT2D eigenvalue weighted by Gasteiger charge is 2.14. The molecule has 0 fully saturated rings. The van der Waals surface area contributed by atoms with E-state index in [1.165, 1.54) is 0 Å². The molecule has 2 aromatic carbocycles. The second-order valence-corrected chi connectivity index (χ2v) is 4.83. The lowest BCUT2D eigenvalue weighted by atomic mass is 10.1. The van der Waals surface area contributed by atoms with Gasteiger partial charge < -0.3 is 9.84 Å². The number of aryl methyl sites for hydroxylation is 1. The Morgan fingerprint density at radius 2 is 2.00 bits per heavy atom. The van der Waals surface area contributed by atoms with Crippen molar-refractivity contribution >= 4 is 17.0 Å². The maximum atomic E-state index is 12.1. The number of hydrogen-bond donors (Lipinski definition) is 1. The lowest BCUT2D eigenvalue weighted by molar-refractivity contribution is 0.213.